The highest BCUT2D eigenvalue weighted by Gasteiger charge is 2.08. The molecular formula is C11H17N3. The van der Waals surface area contributed by atoms with Crippen LogP contribution in [0.25, 0.3) is 0 Å². The molecule has 14 heavy (non-hydrogen) atoms. The highest BCUT2D eigenvalue weighted by atomic mass is 15.3. The maximum absolute atomic E-state index is 5.57. The van der Waals surface area contributed by atoms with Gasteiger partial charge in [0.1, 0.15) is 0 Å². The van der Waals surface area contributed by atoms with Gasteiger partial charge in [-0.2, -0.15) is 5.10 Å². The number of nitrogens with zero attached hydrogens (tertiary/aromatic N) is 2. The van der Waals surface area contributed by atoms with Crippen LogP contribution in [0.15, 0.2) is 6.20 Å². The van der Waals surface area contributed by atoms with Gasteiger partial charge in [-0.1, -0.05) is 25.7 Å². The number of hydrogen-bond donors (Lipinski definition) is 1. The summed E-state index contributed by atoms with van der Waals surface area (Å²) in [7, 11) is 1.91. The summed E-state index contributed by atoms with van der Waals surface area (Å²) in [5.74, 6) is 6.40. The zero-order chi connectivity index (χ0) is 10.7. The number of hydrogen-bond acceptors (Lipinski definition) is 2. The van der Waals surface area contributed by atoms with Gasteiger partial charge in [-0.25, -0.2) is 0 Å². The molecule has 3 nitrogen and oxygen atoms in total. The minimum absolute atomic E-state index is 0.0878. The molecule has 2 N–H and O–H groups in total. The monoisotopic (exact) mass is 191 g/mol. The van der Waals surface area contributed by atoms with Crippen LogP contribution in [0.5, 0.6) is 0 Å². The van der Waals surface area contributed by atoms with E-state index in [2.05, 4.69) is 30.8 Å². The van der Waals surface area contributed by atoms with Crippen molar-refractivity contribution in [3.05, 3.63) is 17.5 Å². The van der Waals surface area contributed by atoms with Crippen molar-refractivity contribution in [1.29, 1.82) is 0 Å². The first-order valence-corrected chi connectivity index (χ1v) is 4.81. The maximum atomic E-state index is 5.57. The van der Waals surface area contributed by atoms with Gasteiger partial charge in [0.05, 0.1) is 17.3 Å². The third-order valence-corrected chi connectivity index (χ3v) is 1.84. The molecule has 0 fully saturated rings. The second-order valence-corrected chi connectivity index (χ2v) is 3.81. The summed E-state index contributed by atoms with van der Waals surface area (Å²) in [5.41, 5.74) is 7.60. The largest absolute Gasteiger partial charge is 0.318 e. The van der Waals surface area contributed by atoms with Crippen molar-refractivity contribution in [2.45, 2.75) is 32.7 Å². The zero-order valence-corrected chi connectivity index (χ0v) is 9.20. The van der Waals surface area contributed by atoms with Gasteiger partial charge in [-0.15, -0.1) is 0 Å². The summed E-state index contributed by atoms with van der Waals surface area (Å²) < 4.78 is 1.79. The van der Waals surface area contributed by atoms with Crippen molar-refractivity contribution in [3.63, 3.8) is 0 Å². The molecule has 3 heteroatoms. The van der Waals surface area contributed by atoms with Crippen LogP contribution in [-0.2, 0) is 7.05 Å². The van der Waals surface area contributed by atoms with Crippen LogP contribution in [0.3, 0.4) is 0 Å². The van der Waals surface area contributed by atoms with Crippen LogP contribution >= 0.6 is 0 Å². The van der Waals surface area contributed by atoms with Crippen LogP contribution in [0.2, 0.25) is 0 Å². The number of rotatable bonds is 1. The van der Waals surface area contributed by atoms with Crippen molar-refractivity contribution in [2.75, 3.05) is 0 Å². The quantitative estimate of drug-likeness (QED) is 0.679. The van der Waals surface area contributed by atoms with Crippen LogP contribution in [-0.4, -0.2) is 15.8 Å². The molecule has 0 aromatic carbocycles. The van der Waals surface area contributed by atoms with E-state index in [0.717, 1.165) is 11.3 Å². The molecule has 1 aromatic rings. The topological polar surface area (TPSA) is 43.8 Å². The predicted molar refractivity (Wildman–Crippen MR) is 57.8 cm³/mol. The molecule has 1 rings (SSSR count). The van der Waals surface area contributed by atoms with Gasteiger partial charge in [0.25, 0.3) is 0 Å². The second kappa shape index (κ2) is 4.30. The van der Waals surface area contributed by atoms with E-state index >= 15 is 0 Å². The first-order valence-electron chi connectivity index (χ1n) is 4.81. The Morgan fingerprint density at radius 1 is 1.43 bits per heavy atom. The van der Waals surface area contributed by atoms with E-state index in [9.17, 15) is 0 Å². The van der Waals surface area contributed by atoms with Crippen molar-refractivity contribution in [2.24, 2.45) is 12.8 Å². The van der Waals surface area contributed by atoms with Crippen molar-refractivity contribution >= 4 is 0 Å². The number of nitrogens with two attached hydrogens (primary N) is 1. The molecule has 1 heterocycles. The van der Waals surface area contributed by atoms with E-state index in [1.807, 2.05) is 20.2 Å². The average Bonchev–Trinajstić information content (AvgIpc) is 2.43. The molecular weight excluding hydrogens is 174 g/mol. The van der Waals surface area contributed by atoms with Crippen molar-refractivity contribution < 1.29 is 0 Å². The molecule has 0 saturated carbocycles. The van der Waals surface area contributed by atoms with E-state index in [4.69, 9.17) is 5.73 Å². The Balaban J connectivity index is 3.03. The van der Waals surface area contributed by atoms with Crippen molar-refractivity contribution in [3.8, 4) is 11.8 Å². The first-order chi connectivity index (χ1) is 6.50. The molecule has 0 aliphatic rings. The molecule has 0 aliphatic heterocycles. The Kier molecular flexibility index (Phi) is 3.32. The molecule has 0 bridgehead atoms. The minimum Gasteiger partial charge on any atom is -0.318 e. The van der Waals surface area contributed by atoms with Gasteiger partial charge in [-0.3, -0.25) is 4.68 Å². The Bertz CT molecular complexity index is 364. The van der Waals surface area contributed by atoms with Crippen LogP contribution in [0.1, 0.15) is 37.9 Å². The Morgan fingerprint density at radius 2 is 2.07 bits per heavy atom. The summed E-state index contributed by atoms with van der Waals surface area (Å²) in [6.07, 6.45) is 1.94. The Labute approximate surface area is 85.3 Å². The fraction of sp³-hybridized carbons (Fsp3) is 0.545. The molecule has 0 amide bonds. The van der Waals surface area contributed by atoms with E-state index in [-0.39, 0.29) is 6.04 Å². The lowest BCUT2D eigenvalue weighted by molar-refractivity contribution is 0.713. The molecule has 0 saturated heterocycles. The summed E-state index contributed by atoms with van der Waals surface area (Å²) in [4.78, 5) is 0. The third kappa shape index (κ3) is 2.61. The second-order valence-electron chi connectivity index (χ2n) is 3.81. The van der Waals surface area contributed by atoms with Crippen LogP contribution < -0.4 is 5.73 Å². The SMILES string of the molecule is CC(N)C#Cc1cn(C)nc1C(C)C. The van der Waals surface area contributed by atoms with Crippen LogP contribution in [0, 0.1) is 11.8 Å². The molecule has 0 spiro atoms. The molecule has 1 aromatic heterocycles. The van der Waals surface area contributed by atoms with Gasteiger partial charge in [0.2, 0.25) is 0 Å². The summed E-state index contributed by atoms with van der Waals surface area (Å²) in [6, 6.07) is -0.0878. The Morgan fingerprint density at radius 3 is 2.57 bits per heavy atom. The van der Waals surface area contributed by atoms with Gasteiger partial charge in [0.15, 0.2) is 0 Å². The molecule has 0 aliphatic carbocycles. The van der Waals surface area contributed by atoms with Crippen molar-refractivity contribution in [1.82, 2.24) is 9.78 Å². The highest BCUT2D eigenvalue weighted by molar-refractivity contribution is 5.38. The standard InChI is InChI=1S/C11H17N3/c1-8(2)11-10(6-5-9(3)12)7-14(4)13-11/h7-9H,12H2,1-4H3. The van der Waals surface area contributed by atoms with Gasteiger partial charge < -0.3 is 5.73 Å². The highest BCUT2D eigenvalue weighted by Crippen LogP contribution is 2.15. The van der Waals surface area contributed by atoms with Gasteiger partial charge in [0, 0.05) is 13.2 Å². The lowest BCUT2D eigenvalue weighted by Gasteiger charge is -1.99. The van der Waals surface area contributed by atoms with E-state index in [1.165, 1.54) is 0 Å². The fourth-order valence-electron chi connectivity index (χ4n) is 1.22. The number of aromatic nitrogens is 2. The van der Waals surface area contributed by atoms with E-state index < -0.39 is 0 Å². The van der Waals surface area contributed by atoms with E-state index in [1.54, 1.807) is 4.68 Å². The smallest absolute Gasteiger partial charge is 0.0806 e. The number of aryl methyl sites for hydroxylation is 1. The Hall–Kier alpha value is -1.27. The molecule has 1 atom stereocenters. The lowest BCUT2D eigenvalue weighted by atomic mass is 10.1. The summed E-state index contributed by atoms with van der Waals surface area (Å²) in [6.45, 7) is 6.09. The van der Waals surface area contributed by atoms with Gasteiger partial charge in [-0.05, 0) is 12.8 Å². The maximum Gasteiger partial charge on any atom is 0.0806 e. The third-order valence-electron chi connectivity index (χ3n) is 1.84. The normalized spacial score (nSPS) is 12.4. The zero-order valence-electron chi connectivity index (χ0n) is 9.20. The molecule has 76 valence electrons. The fourth-order valence-corrected chi connectivity index (χ4v) is 1.22. The summed E-state index contributed by atoms with van der Waals surface area (Å²) in [5, 5.41) is 4.36. The first kappa shape index (κ1) is 10.8. The average molecular weight is 191 g/mol. The molecule has 0 radical (unpaired) electrons. The molecule has 1 unspecified atom stereocenters. The summed E-state index contributed by atoms with van der Waals surface area (Å²) >= 11 is 0. The lowest BCUT2D eigenvalue weighted by Crippen LogP contribution is -2.11. The van der Waals surface area contributed by atoms with Gasteiger partial charge >= 0.3 is 0 Å². The predicted octanol–water partition coefficient (Wildman–Crippen LogP) is 1.24. The minimum atomic E-state index is -0.0878. The van der Waals surface area contributed by atoms with E-state index in [0.29, 0.717) is 5.92 Å². The van der Waals surface area contributed by atoms with Crippen LogP contribution in [0.4, 0.5) is 0 Å².